The summed E-state index contributed by atoms with van der Waals surface area (Å²) in [7, 11) is -1.56. The van der Waals surface area contributed by atoms with Gasteiger partial charge >= 0.3 is 7.12 Å². The summed E-state index contributed by atoms with van der Waals surface area (Å²) in [5.41, 5.74) is 1.16. The van der Waals surface area contributed by atoms with Crippen molar-refractivity contribution in [2.24, 2.45) is 0 Å². The molecule has 0 saturated carbocycles. The molecule has 0 spiro atoms. The normalized spacial score (nSPS) is 10.1. The second kappa shape index (κ2) is 5.64. The molecule has 0 fully saturated rings. The van der Waals surface area contributed by atoms with Crippen LogP contribution in [0.3, 0.4) is 0 Å². The van der Waals surface area contributed by atoms with E-state index in [0.717, 1.165) is 0 Å². The Bertz CT molecular complexity index is 569. The van der Waals surface area contributed by atoms with Gasteiger partial charge in [0, 0.05) is 11.3 Å². The number of carbonyl (C=O) groups is 1. The van der Waals surface area contributed by atoms with Crippen LogP contribution in [0.1, 0.15) is 10.4 Å². The standard InChI is InChI=1S/C13H11BFNO3/c15-11-5-7-12(8-6-11)16-13(17)9-1-3-10(4-2-9)14(18)19/h1-8,18-19H,(H,16,17). The van der Waals surface area contributed by atoms with Gasteiger partial charge in [0.2, 0.25) is 0 Å². The number of hydrogen-bond donors (Lipinski definition) is 3. The largest absolute Gasteiger partial charge is 0.488 e. The predicted molar refractivity (Wildman–Crippen MR) is 70.6 cm³/mol. The van der Waals surface area contributed by atoms with Gasteiger partial charge in [0.25, 0.3) is 5.91 Å². The molecule has 2 aromatic carbocycles. The molecule has 0 heterocycles. The molecule has 1 amide bonds. The Hall–Kier alpha value is -2.18. The quantitative estimate of drug-likeness (QED) is 0.712. The SMILES string of the molecule is O=C(Nc1ccc(F)cc1)c1ccc(B(O)O)cc1. The molecule has 6 heteroatoms. The van der Waals surface area contributed by atoms with Crippen molar-refractivity contribution in [2.45, 2.75) is 0 Å². The van der Waals surface area contributed by atoms with Crippen LogP contribution in [0.15, 0.2) is 48.5 Å². The Morgan fingerprint density at radius 3 is 2.11 bits per heavy atom. The molecule has 0 aliphatic rings. The monoisotopic (exact) mass is 259 g/mol. The fourth-order valence-electron chi connectivity index (χ4n) is 1.54. The average Bonchev–Trinajstić information content (AvgIpc) is 2.41. The number of anilines is 1. The third kappa shape index (κ3) is 3.40. The van der Waals surface area contributed by atoms with Gasteiger partial charge in [-0.3, -0.25) is 4.79 Å². The molecule has 0 aliphatic carbocycles. The minimum absolute atomic E-state index is 0.304. The Morgan fingerprint density at radius 1 is 1.00 bits per heavy atom. The highest BCUT2D eigenvalue weighted by Gasteiger charge is 2.12. The van der Waals surface area contributed by atoms with Crippen molar-refractivity contribution in [1.29, 1.82) is 0 Å². The molecule has 0 saturated heterocycles. The summed E-state index contributed by atoms with van der Waals surface area (Å²) in [4.78, 5) is 11.9. The van der Waals surface area contributed by atoms with Gasteiger partial charge in [0.1, 0.15) is 5.82 Å². The molecule has 4 nitrogen and oxygen atoms in total. The van der Waals surface area contributed by atoms with E-state index in [2.05, 4.69) is 5.32 Å². The van der Waals surface area contributed by atoms with E-state index in [1.54, 1.807) is 0 Å². The third-order valence-electron chi connectivity index (χ3n) is 2.57. The van der Waals surface area contributed by atoms with Crippen LogP contribution in [-0.2, 0) is 0 Å². The van der Waals surface area contributed by atoms with Crippen molar-refractivity contribution in [3.63, 3.8) is 0 Å². The van der Waals surface area contributed by atoms with Crippen LogP contribution >= 0.6 is 0 Å². The second-order valence-electron chi connectivity index (χ2n) is 3.96. The molecule has 0 aliphatic heterocycles. The number of amides is 1. The molecule has 0 atom stereocenters. The van der Waals surface area contributed by atoms with Crippen molar-refractivity contribution >= 4 is 24.2 Å². The molecule has 19 heavy (non-hydrogen) atoms. The highest BCUT2D eigenvalue weighted by Crippen LogP contribution is 2.10. The number of nitrogens with one attached hydrogen (secondary N) is 1. The molecule has 2 rings (SSSR count). The fourth-order valence-corrected chi connectivity index (χ4v) is 1.54. The van der Waals surface area contributed by atoms with Gasteiger partial charge in [-0.1, -0.05) is 12.1 Å². The molecule has 2 aromatic rings. The summed E-state index contributed by atoms with van der Waals surface area (Å²) in [5.74, 6) is -0.732. The van der Waals surface area contributed by atoms with E-state index in [4.69, 9.17) is 10.0 Å². The summed E-state index contributed by atoms with van der Waals surface area (Å²) in [5, 5.41) is 20.5. The first-order valence-electron chi connectivity index (χ1n) is 5.59. The minimum Gasteiger partial charge on any atom is -0.423 e. The van der Waals surface area contributed by atoms with Crippen molar-refractivity contribution in [3.8, 4) is 0 Å². The highest BCUT2D eigenvalue weighted by atomic mass is 19.1. The van der Waals surface area contributed by atoms with E-state index >= 15 is 0 Å². The molecular weight excluding hydrogens is 248 g/mol. The summed E-state index contributed by atoms with van der Waals surface area (Å²) >= 11 is 0. The molecular formula is C13H11BFNO3. The van der Waals surface area contributed by atoms with Gasteiger partial charge in [-0.25, -0.2) is 4.39 Å². The number of carbonyl (C=O) groups excluding carboxylic acids is 1. The van der Waals surface area contributed by atoms with Gasteiger partial charge < -0.3 is 15.4 Å². The van der Waals surface area contributed by atoms with Gasteiger partial charge in [0.05, 0.1) is 0 Å². The van der Waals surface area contributed by atoms with Gasteiger partial charge in [0.15, 0.2) is 0 Å². The van der Waals surface area contributed by atoms with E-state index in [-0.39, 0.29) is 11.7 Å². The van der Waals surface area contributed by atoms with E-state index in [1.165, 1.54) is 48.5 Å². The fraction of sp³-hybridized carbons (Fsp3) is 0. The van der Waals surface area contributed by atoms with Crippen LogP contribution < -0.4 is 10.8 Å². The Labute approximate surface area is 109 Å². The Morgan fingerprint density at radius 2 is 1.58 bits per heavy atom. The van der Waals surface area contributed by atoms with E-state index in [1.807, 2.05) is 0 Å². The lowest BCUT2D eigenvalue weighted by atomic mass is 9.80. The van der Waals surface area contributed by atoms with Crippen LogP contribution in [-0.4, -0.2) is 23.1 Å². The van der Waals surface area contributed by atoms with Crippen LogP contribution in [0.25, 0.3) is 0 Å². The molecule has 96 valence electrons. The zero-order chi connectivity index (χ0) is 13.8. The predicted octanol–water partition coefficient (Wildman–Crippen LogP) is 0.758. The van der Waals surface area contributed by atoms with Crippen molar-refractivity contribution in [1.82, 2.24) is 0 Å². The molecule has 3 N–H and O–H groups in total. The lowest BCUT2D eigenvalue weighted by Gasteiger charge is -2.06. The zero-order valence-electron chi connectivity index (χ0n) is 9.88. The first-order chi connectivity index (χ1) is 9.06. The Balaban J connectivity index is 2.09. The van der Waals surface area contributed by atoms with Gasteiger partial charge in [-0.2, -0.15) is 0 Å². The van der Waals surface area contributed by atoms with Crippen molar-refractivity contribution in [3.05, 3.63) is 59.9 Å². The number of benzene rings is 2. The Kier molecular flexibility index (Phi) is 3.94. The first kappa shape index (κ1) is 13.3. The lowest BCUT2D eigenvalue weighted by molar-refractivity contribution is 0.102. The minimum atomic E-state index is -1.56. The number of halogens is 1. The smallest absolute Gasteiger partial charge is 0.423 e. The summed E-state index contributed by atoms with van der Waals surface area (Å²) in [6.45, 7) is 0. The molecule has 0 unspecified atom stereocenters. The molecule has 0 aromatic heterocycles. The summed E-state index contributed by atoms with van der Waals surface area (Å²) in [6.07, 6.45) is 0. The second-order valence-corrected chi connectivity index (χ2v) is 3.96. The molecule has 0 radical (unpaired) electrons. The van der Waals surface area contributed by atoms with E-state index in [0.29, 0.717) is 16.7 Å². The number of rotatable bonds is 3. The maximum atomic E-state index is 12.7. The number of hydrogen-bond acceptors (Lipinski definition) is 3. The third-order valence-corrected chi connectivity index (χ3v) is 2.57. The van der Waals surface area contributed by atoms with Crippen LogP contribution in [0.5, 0.6) is 0 Å². The van der Waals surface area contributed by atoms with Crippen molar-refractivity contribution in [2.75, 3.05) is 5.32 Å². The van der Waals surface area contributed by atoms with Gasteiger partial charge in [-0.05, 0) is 41.9 Å². The van der Waals surface area contributed by atoms with Gasteiger partial charge in [-0.15, -0.1) is 0 Å². The summed E-state index contributed by atoms with van der Waals surface area (Å²) < 4.78 is 12.7. The topological polar surface area (TPSA) is 69.6 Å². The summed E-state index contributed by atoms with van der Waals surface area (Å²) in [6, 6.07) is 11.3. The molecule has 0 bridgehead atoms. The average molecular weight is 259 g/mol. The van der Waals surface area contributed by atoms with Crippen LogP contribution in [0, 0.1) is 5.82 Å². The maximum Gasteiger partial charge on any atom is 0.488 e. The van der Waals surface area contributed by atoms with Crippen molar-refractivity contribution < 1.29 is 19.2 Å². The van der Waals surface area contributed by atoms with E-state index in [9.17, 15) is 9.18 Å². The zero-order valence-corrected chi connectivity index (χ0v) is 9.88. The van der Waals surface area contributed by atoms with E-state index < -0.39 is 7.12 Å². The lowest BCUT2D eigenvalue weighted by Crippen LogP contribution is -2.29. The first-order valence-corrected chi connectivity index (χ1v) is 5.59. The van der Waals surface area contributed by atoms with Crippen LogP contribution in [0.2, 0.25) is 0 Å². The maximum absolute atomic E-state index is 12.7. The highest BCUT2D eigenvalue weighted by molar-refractivity contribution is 6.58. The van der Waals surface area contributed by atoms with Crippen LogP contribution in [0.4, 0.5) is 10.1 Å².